The molecule has 16 heavy (non-hydrogen) atoms. The zero-order chi connectivity index (χ0) is 12.0. The average molecular weight is 250 g/mol. The first-order chi connectivity index (χ1) is 7.55. The fraction of sp³-hybridized carbons (Fsp3) is 1.00. The van der Waals surface area contributed by atoms with Crippen LogP contribution in [0.3, 0.4) is 0 Å². The highest BCUT2D eigenvalue weighted by atomic mass is 32.2. The molecule has 0 radical (unpaired) electrons. The first-order valence-electron chi connectivity index (χ1n) is 5.87. The Morgan fingerprint density at radius 3 is 2.69 bits per heavy atom. The largest absolute Gasteiger partial charge is 0.377 e. The molecule has 0 aromatic heterocycles. The first kappa shape index (κ1) is 13.9. The molecule has 96 valence electrons. The molecule has 2 unspecified atom stereocenters. The molecular weight excluding hydrogens is 228 g/mol. The van der Waals surface area contributed by atoms with Gasteiger partial charge in [-0.15, -0.1) is 0 Å². The van der Waals surface area contributed by atoms with E-state index in [0.29, 0.717) is 13.2 Å². The van der Waals surface area contributed by atoms with Gasteiger partial charge in [-0.1, -0.05) is 6.92 Å². The Balaban J connectivity index is 2.28. The quantitative estimate of drug-likeness (QED) is 0.628. The Morgan fingerprint density at radius 2 is 2.12 bits per heavy atom. The lowest BCUT2D eigenvalue weighted by molar-refractivity contribution is 0.117. The summed E-state index contributed by atoms with van der Waals surface area (Å²) in [5.74, 6) is 0.135. The van der Waals surface area contributed by atoms with Crippen LogP contribution in [0.5, 0.6) is 0 Å². The maximum atomic E-state index is 11.7. The molecule has 0 amide bonds. The Kier molecular flexibility index (Phi) is 5.68. The van der Waals surface area contributed by atoms with Crippen LogP contribution in [0.2, 0.25) is 0 Å². The molecule has 0 aliphatic carbocycles. The highest BCUT2D eigenvalue weighted by Crippen LogP contribution is 2.13. The zero-order valence-electron chi connectivity index (χ0n) is 10.0. The fourth-order valence-electron chi connectivity index (χ4n) is 1.68. The van der Waals surface area contributed by atoms with Gasteiger partial charge in [-0.05, 0) is 26.3 Å². The zero-order valence-corrected chi connectivity index (χ0v) is 10.8. The Morgan fingerprint density at radius 1 is 1.38 bits per heavy atom. The van der Waals surface area contributed by atoms with E-state index >= 15 is 0 Å². The molecule has 1 aliphatic rings. The van der Waals surface area contributed by atoms with Crippen molar-refractivity contribution in [3.63, 3.8) is 0 Å². The van der Waals surface area contributed by atoms with E-state index in [1.54, 1.807) is 0 Å². The van der Waals surface area contributed by atoms with Crippen molar-refractivity contribution in [3.8, 4) is 0 Å². The summed E-state index contributed by atoms with van der Waals surface area (Å²) in [5.41, 5.74) is 0. The molecule has 5 nitrogen and oxygen atoms in total. The average Bonchev–Trinajstić information content (AvgIpc) is 2.59. The van der Waals surface area contributed by atoms with E-state index in [-0.39, 0.29) is 17.9 Å². The lowest BCUT2D eigenvalue weighted by atomic mass is 10.2. The van der Waals surface area contributed by atoms with Crippen molar-refractivity contribution in [1.29, 1.82) is 0 Å². The summed E-state index contributed by atoms with van der Waals surface area (Å²) in [6.45, 7) is 5.96. The van der Waals surface area contributed by atoms with E-state index in [0.717, 1.165) is 19.4 Å². The molecule has 2 N–H and O–H groups in total. The second kappa shape index (κ2) is 6.54. The summed E-state index contributed by atoms with van der Waals surface area (Å²) in [7, 11) is -3.17. The van der Waals surface area contributed by atoms with E-state index < -0.39 is 10.0 Å². The van der Waals surface area contributed by atoms with E-state index in [9.17, 15) is 8.42 Å². The fourth-order valence-corrected chi connectivity index (χ4v) is 2.99. The summed E-state index contributed by atoms with van der Waals surface area (Å²) < 4.78 is 31.4. The number of hydrogen-bond donors (Lipinski definition) is 2. The number of nitrogens with one attached hydrogen (secondary N) is 2. The monoisotopic (exact) mass is 250 g/mol. The second-order valence-electron chi connectivity index (χ2n) is 4.16. The van der Waals surface area contributed by atoms with Crippen molar-refractivity contribution in [2.75, 3.05) is 25.4 Å². The van der Waals surface area contributed by atoms with Gasteiger partial charge in [-0.25, -0.2) is 13.1 Å². The highest BCUT2D eigenvalue weighted by molar-refractivity contribution is 7.89. The minimum absolute atomic E-state index is 0.0154. The maximum Gasteiger partial charge on any atom is 0.213 e. The normalized spacial score (nSPS) is 26.1. The maximum absolute atomic E-state index is 11.7. The predicted molar refractivity (Wildman–Crippen MR) is 63.9 cm³/mol. The van der Waals surface area contributed by atoms with E-state index in [1.807, 2.05) is 6.92 Å². The molecule has 0 bridgehead atoms. The lowest BCUT2D eigenvalue weighted by Crippen LogP contribution is -2.42. The van der Waals surface area contributed by atoms with Crippen molar-refractivity contribution in [1.82, 2.24) is 10.0 Å². The van der Waals surface area contributed by atoms with Crippen molar-refractivity contribution in [2.45, 2.75) is 38.8 Å². The van der Waals surface area contributed by atoms with Crippen LogP contribution in [-0.2, 0) is 14.8 Å². The van der Waals surface area contributed by atoms with Crippen LogP contribution < -0.4 is 10.0 Å². The van der Waals surface area contributed by atoms with Crippen LogP contribution in [0, 0.1) is 0 Å². The molecule has 1 saturated heterocycles. The van der Waals surface area contributed by atoms with Crippen molar-refractivity contribution in [3.05, 3.63) is 0 Å². The van der Waals surface area contributed by atoms with Crippen LogP contribution in [0.15, 0.2) is 0 Å². The first-order valence-corrected chi connectivity index (χ1v) is 7.52. The molecule has 0 spiro atoms. The van der Waals surface area contributed by atoms with Gasteiger partial charge in [-0.2, -0.15) is 0 Å². The molecule has 0 saturated carbocycles. The number of hydrogen-bond acceptors (Lipinski definition) is 4. The summed E-state index contributed by atoms with van der Waals surface area (Å²) in [6, 6.07) is -0.0591. The van der Waals surface area contributed by atoms with Gasteiger partial charge in [-0.3, -0.25) is 0 Å². The summed E-state index contributed by atoms with van der Waals surface area (Å²) >= 11 is 0. The van der Waals surface area contributed by atoms with Gasteiger partial charge < -0.3 is 10.1 Å². The SMILES string of the molecule is CCCNCCS(=O)(=O)NC1CCOC1C. The van der Waals surface area contributed by atoms with E-state index in [4.69, 9.17) is 4.74 Å². The molecule has 6 heteroatoms. The summed E-state index contributed by atoms with van der Waals surface area (Å²) in [6.07, 6.45) is 1.77. The molecular formula is C10H22N2O3S. The molecule has 1 aliphatic heterocycles. The third-order valence-electron chi connectivity index (χ3n) is 2.68. The van der Waals surface area contributed by atoms with Gasteiger partial charge in [0.2, 0.25) is 10.0 Å². The van der Waals surface area contributed by atoms with Crippen molar-refractivity contribution < 1.29 is 13.2 Å². The number of ether oxygens (including phenoxy) is 1. The third kappa shape index (κ3) is 4.78. The number of rotatable bonds is 7. The molecule has 1 fully saturated rings. The van der Waals surface area contributed by atoms with Crippen molar-refractivity contribution in [2.24, 2.45) is 0 Å². The van der Waals surface area contributed by atoms with Crippen LogP contribution in [-0.4, -0.2) is 46.0 Å². The molecule has 1 rings (SSSR count). The van der Waals surface area contributed by atoms with E-state index in [2.05, 4.69) is 17.0 Å². The van der Waals surface area contributed by atoms with Crippen molar-refractivity contribution >= 4 is 10.0 Å². The predicted octanol–water partition coefficient (Wildman–Crippen LogP) is 0.0828. The topological polar surface area (TPSA) is 67.4 Å². The summed E-state index contributed by atoms with van der Waals surface area (Å²) in [5, 5.41) is 3.08. The molecule has 0 aromatic carbocycles. The molecule has 0 aromatic rings. The Labute approximate surface area is 98.0 Å². The van der Waals surface area contributed by atoms with Gasteiger partial charge >= 0.3 is 0 Å². The minimum atomic E-state index is -3.17. The minimum Gasteiger partial charge on any atom is -0.377 e. The van der Waals surface area contributed by atoms with E-state index in [1.165, 1.54) is 0 Å². The lowest BCUT2D eigenvalue weighted by Gasteiger charge is -2.16. The van der Waals surface area contributed by atoms with Gasteiger partial charge in [0, 0.05) is 19.2 Å². The van der Waals surface area contributed by atoms with Crippen LogP contribution in [0.25, 0.3) is 0 Å². The second-order valence-corrected chi connectivity index (χ2v) is 6.03. The standard InChI is InChI=1S/C10H22N2O3S/c1-3-5-11-6-8-16(13,14)12-10-4-7-15-9(10)2/h9-12H,3-8H2,1-2H3. The molecule has 1 heterocycles. The third-order valence-corrected chi connectivity index (χ3v) is 4.08. The van der Waals surface area contributed by atoms with Gasteiger partial charge in [0.05, 0.1) is 11.9 Å². The Hall–Kier alpha value is -0.170. The number of sulfonamides is 1. The highest BCUT2D eigenvalue weighted by Gasteiger charge is 2.27. The van der Waals surface area contributed by atoms with Gasteiger partial charge in [0.1, 0.15) is 0 Å². The smallest absolute Gasteiger partial charge is 0.213 e. The van der Waals surface area contributed by atoms with Crippen LogP contribution in [0.4, 0.5) is 0 Å². The summed E-state index contributed by atoms with van der Waals surface area (Å²) in [4.78, 5) is 0. The van der Waals surface area contributed by atoms with Crippen LogP contribution >= 0.6 is 0 Å². The molecule has 2 atom stereocenters. The Bertz CT molecular complexity index is 292. The van der Waals surface area contributed by atoms with Gasteiger partial charge in [0.25, 0.3) is 0 Å². The van der Waals surface area contributed by atoms with Crippen LogP contribution in [0.1, 0.15) is 26.7 Å². The van der Waals surface area contributed by atoms with Gasteiger partial charge in [0.15, 0.2) is 0 Å².